The normalized spacial score (nSPS) is 12.2. The summed E-state index contributed by atoms with van der Waals surface area (Å²) in [5, 5.41) is 6.51. The van der Waals surface area contributed by atoms with Gasteiger partial charge in [-0.25, -0.2) is 0 Å². The standard InChI is InChI=1S/C12H12IN3O2/c1-7(12-15-8(2)16-18-12)14-11(17)9-4-3-5-10(13)6-9/h3-7H,1-2H3,(H,14,17)/t7-/m0/s1. The Labute approximate surface area is 118 Å². The Kier molecular flexibility index (Phi) is 3.95. The van der Waals surface area contributed by atoms with Crippen molar-refractivity contribution in [3.05, 3.63) is 45.1 Å². The number of aryl methyl sites for hydroxylation is 1. The number of hydrogen-bond acceptors (Lipinski definition) is 4. The highest BCUT2D eigenvalue weighted by atomic mass is 127. The highest BCUT2D eigenvalue weighted by Crippen LogP contribution is 2.12. The third-order valence-corrected chi connectivity index (χ3v) is 3.02. The minimum absolute atomic E-state index is 0.156. The van der Waals surface area contributed by atoms with Crippen LogP contribution in [0.5, 0.6) is 0 Å². The average Bonchev–Trinajstić information content (AvgIpc) is 2.76. The summed E-state index contributed by atoms with van der Waals surface area (Å²) < 4.78 is 6.02. The van der Waals surface area contributed by atoms with Crippen molar-refractivity contribution in [2.75, 3.05) is 0 Å². The fourth-order valence-corrected chi connectivity index (χ4v) is 2.00. The molecule has 1 amide bonds. The molecule has 1 N–H and O–H groups in total. The molecule has 1 heterocycles. The van der Waals surface area contributed by atoms with E-state index in [-0.39, 0.29) is 11.9 Å². The van der Waals surface area contributed by atoms with Crippen molar-refractivity contribution in [3.8, 4) is 0 Å². The predicted molar refractivity (Wildman–Crippen MR) is 74.1 cm³/mol. The molecule has 0 spiro atoms. The molecule has 2 rings (SSSR count). The monoisotopic (exact) mass is 357 g/mol. The average molecular weight is 357 g/mol. The molecule has 1 aromatic heterocycles. The summed E-state index contributed by atoms with van der Waals surface area (Å²) >= 11 is 2.17. The lowest BCUT2D eigenvalue weighted by molar-refractivity contribution is 0.0932. The van der Waals surface area contributed by atoms with Crippen molar-refractivity contribution < 1.29 is 9.32 Å². The molecule has 0 unspecified atom stereocenters. The topological polar surface area (TPSA) is 68.0 Å². The molecule has 1 aromatic carbocycles. The van der Waals surface area contributed by atoms with Gasteiger partial charge in [0, 0.05) is 9.13 Å². The zero-order chi connectivity index (χ0) is 13.1. The number of benzene rings is 1. The zero-order valence-corrected chi connectivity index (χ0v) is 12.1. The van der Waals surface area contributed by atoms with Crippen molar-refractivity contribution >= 4 is 28.5 Å². The molecule has 18 heavy (non-hydrogen) atoms. The first-order valence-corrected chi connectivity index (χ1v) is 6.51. The molecule has 0 aliphatic carbocycles. The number of aromatic nitrogens is 2. The summed E-state index contributed by atoms with van der Waals surface area (Å²) in [7, 11) is 0. The first-order valence-electron chi connectivity index (χ1n) is 5.43. The van der Waals surface area contributed by atoms with Gasteiger partial charge in [0.2, 0.25) is 5.89 Å². The van der Waals surface area contributed by atoms with Gasteiger partial charge in [0.15, 0.2) is 5.82 Å². The summed E-state index contributed by atoms with van der Waals surface area (Å²) in [6, 6.07) is 7.06. The largest absolute Gasteiger partial charge is 0.341 e. The number of carbonyl (C=O) groups is 1. The first-order chi connectivity index (χ1) is 8.56. The summed E-state index contributed by atoms with van der Waals surface area (Å²) in [6.45, 7) is 3.54. The van der Waals surface area contributed by atoms with Gasteiger partial charge in [-0.1, -0.05) is 11.2 Å². The van der Waals surface area contributed by atoms with Gasteiger partial charge < -0.3 is 9.84 Å². The van der Waals surface area contributed by atoms with E-state index in [9.17, 15) is 4.79 Å². The number of rotatable bonds is 3. The van der Waals surface area contributed by atoms with E-state index in [2.05, 4.69) is 38.0 Å². The fourth-order valence-electron chi connectivity index (χ4n) is 1.46. The molecule has 0 aliphatic rings. The van der Waals surface area contributed by atoms with E-state index >= 15 is 0 Å². The maximum Gasteiger partial charge on any atom is 0.251 e. The third kappa shape index (κ3) is 3.06. The van der Waals surface area contributed by atoms with E-state index in [1.165, 1.54) is 0 Å². The number of hydrogen-bond donors (Lipinski definition) is 1. The minimum atomic E-state index is -0.309. The molecule has 6 heteroatoms. The summed E-state index contributed by atoms with van der Waals surface area (Å²) in [5.41, 5.74) is 0.616. The lowest BCUT2D eigenvalue weighted by atomic mass is 10.2. The van der Waals surface area contributed by atoms with E-state index < -0.39 is 0 Å². The van der Waals surface area contributed by atoms with Crippen LogP contribution < -0.4 is 5.32 Å². The Balaban J connectivity index is 2.08. The van der Waals surface area contributed by atoms with Crippen molar-refractivity contribution in [1.82, 2.24) is 15.5 Å². The summed E-state index contributed by atoms with van der Waals surface area (Å²) in [5.74, 6) is 0.809. The number of amides is 1. The van der Waals surface area contributed by atoms with Crippen molar-refractivity contribution in [1.29, 1.82) is 0 Å². The summed E-state index contributed by atoms with van der Waals surface area (Å²) in [4.78, 5) is 16.1. The molecule has 0 saturated heterocycles. The van der Waals surface area contributed by atoms with Gasteiger partial charge in [-0.05, 0) is 54.6 Å². The lowest BCUT2D eigenvalue weighted by Crippen LogP contribution is -2.26. The smallest absolute Gasteiger partial charge is 0.251 e. The van der Waals surface area contributed by atoms with Crippen LogP contribution in [-0.2, 0) is 0 Å². The molecule has 0 radical (unpaired) electrons. The van der Waals surface area contributed by atoms with Crippen LogP contribution in [0.25, 0.3) is 0 Å². The van der Waals surface area contributed by atoms with Gasteiger partial charge in [-0.15, -0.1) is 0 Å². The number of nitrogens with one attached hydrogen (secondary N) is 1. The first kappa shape index (κ1) is 13.0. The van der Waals surface area contributed by atoms with E-state index in [0.29, 0.717) is 17.3 Å². The number of nitrogens with zero attached hydrogens (tertiary/aromatic N) is 2. The van der Waals surface area contributed by atoms with E-state index in [4.69, 9.17) is 4.52 Å². The summed E-state index contributed by atoms with van der Waals surface area (Å²) in [6.07, 6.45) is 0. The minimum Gasteiger partial charge on any atom is -0.341 e. The highest BCUT2D eigenvalue weighted by molar-refractivity contribution is 14.1. The number of carbonyl (C=O) groups excluding carboxylic acids is 1. The molecule has 0 aliphatic heterocycles. The SMILES string of the molecule is Cc1noc([C@H](C)NC(=O)c2cccc(I)c2)n1. The van der Waals surface area contributed by atoms with Crippen LogP contribution in [0.1, 0.15) is 35.0 Å². The lowest BCUT2D eigenvalue weighted by Gasteiger charge is -2.09. The van der Waals surface area contributed by atoms with Crippen molar-refractivity contribution in [2.45, 2.75) is 19.9 Å². The van der Waals surface area contributed by atoms with E-state index in [1.54, 1.807) is 19.9 Å². The van der Waals surface area contributed by atoms with E-state index in [0.717, 1.165) is 3.57 Å². The molecule has 0 fully saturated rings. The molecular weight excluding hydrogens is 345 g/mol. The quantitative estimate of drug-likeness (QED) is 0.857. The molecule has 1 atom stereocenters. The molecule has 94 valence electrons. The fraction of sp³-hybridized carbons (Fsp3) is 0.250. The molecule has 0 saturated carbocycles. The Morgan fingerprint density at radius 3 is 2.89 bits per heavy atom. The zero-order valence-electron chi connectivity index (χ0n) is 9.98. The number of halogens is 1. The molecule has 0 bridgehead atoms. The van der Waals surface area contributed by atoms with Gasteiger partial charge >= 0.3 is 0 Å². The Hall–Kier alpha value is -1.44. The Bertz CT molecular complexity index is 568. The highest BCUT2D eigenvalue weighted by Gasteiger charge is 2.16. The van der Waals surface area contributed by atoms with Gasteiger partial charge in [-0.3, -0.25) is 4.79 Å². The van der Waals surface area contributed by atoms with Gasteiger partial charge in [0.25, 0.3) is 5.91 Å². The Morgan fingerprint density at radius 2 is 2.28 bits per heavy atom. The van der Waals surface area contributed by atoms with Crippen LogP contribution in [0.15, 0.2) is 28.8 Å². The van der Waals surface area contributed by atoms with Crippen LogP contribution in [0.4, 0.5) is 0 Å². The van der Waals surface area contributed by atoms with Gasteiger partial charge in [0.05, 0.1) is 0 Å². The maximum absolute atomic E-state index is 12.0. The molecule has 2 aromatic rings. The van der Waals surface area contributed by atoms with Crippen LogP contribution in [0, 0.1) is 10.5 Å². The van der Waals surface area contributed by atoms with Crippen LogP contribution in [0.2, 0.25) is 0 Å². The predicted octanol–water partition coefficient (Wildman–Crippen LogP) is 2.47. The van der Waals surface area contributed by atoms with Gasteiger partial charge in [-0.2, -0.15) is 4.98 Å². The third-order valence-electron chi connectivity index (χ3n) is 2.35. The van der Waals surface area contributed by atoms with Crippen LogP contribution >= 0.6 is 22.6 Å². The second-order valence-corrected chi connectivity index (χ2v) is 5.13. The van der Waals surface area contributed by atoms with E-state index in [1.807, 2.05) is 18.2 Å². The molecular formula is C12H12IN3O2. The van der Waals surface area contributed by atoms with Crippen LogP contribution in [0.3, 0.4) is 0 Å². The van der Waals surface area contributed by atoms with Crippen molar-refractivity contribution in [2.24, 2.45) is 0 Å². The maximum atomic E-state index is 12.0. The second-order valence-electron chi connectivity index (χ2n) is 3.89. The second kappa shape index (κ2) is 5.47. The van der Waals surface area contributed by atoms with Crippen LogP contribution in [-0.4, -0.2) is 16.0 Å². The van der Waals surface area contributed by atoms with Crippen molar-refractivity contribution in [3.63, 3.8) is 0 Å². The Morgan fingerprint density at radius 1 is 1.50 bits per heavy atom. The molecule has 5 nitrogen and oxygen atoms in total. The van der Waals surface area contributed by atoms with Gasteiger partial charge in [0.1, 0.15) is 6.04 Å².